The lowest BCUT2D eigenvalue weighted by molar-refractivity contribution is 0.351. The van der Waals surface area contributed by atoms with Crippen molar-refractivity contribution < 1.29 is 0 Å². The highest BCUT2D eigenvalue weighted by Crippen LogP contribution is 2.48. The molecule has 1 heteroatoms. The molecule has 1 aliphatic carbocycles. The third kappa shape index (κ3) is 1.89. The molecule has 0 spiro atoms. The molecule has 70 valence electrons. The molecule has 0 amide bonds. The second kappa shape index (κ2) is 3.21. The minimum Gasteiger partial charge on any atom is -0.324 e. The second-order valence-electron chi connectivity index (χ2n) is 4.57. The van der Waals surface area contributed by atoms with E-state index >= 15 is 0 Å². The summed E-state index contributed by atoms with van der Waals surface area (Å²) >= 11 is 0. The van der Waals surface area contributed by atoms with Crippen LogP contribution < -0.4 is 5.73 Å². The molecule has 0 aromatic rings. The number of hydrogen-bond donors (Lipinski definition) is 1. The van der Waals surface area contributed by atoms with E-state index in [0.29, 0.717) is 0 Å². The molecule has 1 saturated carbocycles. The molecule has 1 rings (SSSR count). The summed E-state index contributed by atoms with van der Waals surface area (Å²) in [6, 6.07) is 0. The average molecular weight is 167 g/mol. The molecule has 0 saturated heterocycles. The van der Waals surface area contributed by atoms with Crippen LogP contribution in [-0.2, 0) is 0 Å². The molecular weight excluding hydrogens is 146 g/mol. The Balaban J connectivity index is 2.48. The topological polar surface area (TPSA) is 26.0 Å². The summed E-state index contributed by atoms with van der Waals surface area (Å²) in [7, 11) is 0. The molecule has 2 N–H and O–H groups in total. The average Bonchev–Trinajstić information content (AvgIpc) is 2.70. The van der Waals surface area contributed by atoms with Crippen molar-refractivity contribution in [2.75, 3.05) is 0 Å². The van der Waals surface area contributed by atoms with Gasteiger partial charge in [0.05, 0.1) is 0 Å². The van der Waals surface area contributed by atoms with Crippen LogP contribution in [0, 0.1) is 5.41 Å². The van der Waals surface area contributed by atoms with Crippen LogP contribution in [0.1, 0.15) is 46.5 Å². The zero-order valence-electron chi connectivity index (χ0n) is 8.56. The maximum absolute atomic E-state index is 6.16. The zero-order valence-corrected chi connectivity index (χ0v) is 8.56. The van der Waals surface area contributed by atoms with Gasteiger partial charge < -0.3 is 5.73 Å². The van der Waals surface area contributed by atoms with Crippen molar-refractivity contribution in [1.82, 2.24) is 0 Å². The molecule has 0 unspecified atom stereocenters. The molecule has 0 aromatic carbocycles. The van der Waals surface area contributed by atoms with E-state index in [1.807, 2.05) is 0 Å². The first kappa shape index (κ1) is 9.79. The number of allylic oxidation sites excluding steroid dienone is 1. The lowest BCUT2D eigenvalue weighted by Gasteiger charge is -2.28. The highest BCUT2D eigenvalue weighted by atomic mass is 14.9. The van der Waals surface area contributed by atoms with Gasteiger partial charge in [0, 0.05) is 11.0 Å². The lowest BCUT2D eigenvalue weighted by atomic mass is 9.82. The predicted molar refractivity (Wildman–Crippen MR) is 54.0 cm³/mol. The summed E-state index contributed by atoms with van der Waals surface area (Å²) < 4.78 is 0. The van der Waals surface area contributed by atoms with Gasteiger partial charge in [-0.3, -0.25) is 0 Å². The van der Waals surface area contributed by atoms with Gasteiger partial charge in [0.1, 0.15) is 0 Å². The lowest BCUT2D eigenvalue weighted by Crippen LogP contribution is -2.38. The van der Waals surface area contributed by atoms with Crippen molar-refractivity contribution in [1.29, 1.82) is 0 Å². The van der Waals surface area contributed by atoms with E-state index in [1.165, 1.54) is 25.7 Å². The van der Waals surface area contributed by atoms with E-state index in [0.717, 1.165) is 0 Å². The van der Waals surface area contributed by atoms with E-state index in [9.17, 15) is 0 Å². The molecule has 0 radical (unpaired) electrons. The van der Waals surface area contributed by atoms with Crippen LogP contribution in [0.3, 0.4) is 0 Å². The van der Waals surface area contributed by atoms with Gasteiger partial charge in [-0.25, -0.2) is 0 Å². The van der Waals surface area contributed by atoms with Gasteiger partial charge in [0.2, 0.25) is 0 Å². The van der Waals surface area contributed by atoms with Crippen LogP contribution in [0.5, 0.6) is 0 Å². The Hall–Kier alpha value is -0.300. The van der Waals surface area contributed by atoms with Crippen LogP contribution in [0.25, 0.3) is 0 Å². The van der Waals surface area contributed by atoms with Crippen molar-refractivity contribution in [2.45, 2.75) is 52.0 Å². The van der Waals surface area contributed by atoms with Crippen LogP contribution in [0.15, 0.2) is 12.2 Å². The normalized spacial score (nSPS) is 21.7. The molecule has 12 heavy (non-hydrogen) atoms. The van der Waals surface area contributed by atoms with E-state index < -0.39 is 0 Å². The van der Waals surface area contributed by atoms with Gasteiger partial charge in [0.15, 0.2) is 0 Å². The summed E-state index contributed by atoms with van der Waals surface area (Å²) in [6.07, 6.45) is 9.35. The molecule has 1 fully saturated rings. The SMILES string of the molecule is CCC/C=C/C(C)(C)C1(N)CC1. The first-order chi connectivity index (χ1) is 5.52. The molecule has 1 aliphatic rings. The van der Waals surface area contributed by atoms with Crippen molar-refractivity contribution in [3.05, 3.63) is 12.2 Å². The van der Waals surface area contributed by atoms with Crippen LogP contribution in [0.4, 0.5) is 0 Å². The molecular formula is C11H21N. The van der Waals surface area contributed by atoms with Crippen molar-refractivity contribution in [3.63, 3.8) is 0 Å². The highest BCUT2D eigenvalue weighted by molar-refractivity contribution is 5.16. The fraction of sp³-hybridized carbons (Fsp3) is 0.818. The standard InChI is InChI=1S/C11H21N/c1-4-5-6-7-10(2,3)11(12)8-9-11/h6-7H,4-5,8-9,12H2,1-3H3/b7-6+. The third-order valence-electron chi connectivity index (χ3n) is 3.06. The smallest absolute Gasteiger partial charge is 0.0242 e. The molecule has 0 heterocycles. The largest absolute Gasteiger partial charge is 0.324 e. The number of rotatable bonds is 4. The first-order valence-corrected chi connectivity index (χ1v) is 4.98. The van der Waals surface area contributed by atoms with Gasteiger partial charge in [-0.1, -0.05) is 39.3 Å². The number of hydrogen-bond acceptors (Lipinski definition) is 1. The summed E-state index contributed by atoms with van der Waals surface area (Å²) in [4.78, 5) is 0. The van der Waals surface area contributed by atoms with Crippen molar-refractivity contribution in [3.8, 4) is 0 Å². The second-order valence-corrected chi connectivity index (χ2v) is 4.57. The van der Waals surface area contributed by atoms with Gasteiger partial charge in [-0.2, -0.15) is 0 Å². The molecule has 0 aliphatic heterocycles. The fourth-order valence-electron chi connectivity index (χ4n) is 1.49. The van der Waals surface area contributed by atoms with Gasteiger partial charge >= 0.3 is 0 Å². The maximum atomic E-state index is 6.16. The van der Waals surface area contributed by atoms with E-state index in [4.69, 9.17) is 5.73 Å². The Morgan fingerprint density at radius 2 is 2.00 bits per heavy atom. The van der Waals surface area contributed by atoms with Gasteiger partial charge in [0.25, 0.3) is 0 Å². The molecule has 1 nitrogen and oxygen atoms in total. The van der Waals surface area contributed by atoms with Crippen LogP contribution >= 0.6 is 0 Å². The van der Waals surface area contributed by atoms with Crippen molar-refractivity contribution >= 4 is 0 Å². The van der Waals surface area contributed by atoms with E-state index in [1.54, 1.807) is 0 Å². The quantitative estimate of drug-likeness (QED) is 0.640. The Kier molecular flexibility index (Phi) is 2.62. The Morgan fingerprint density at radius 3 is 2.42 bits per heavy atom. The molecule has 0 aromatic heterocycles. The molecule has 0 atom stereocenters. The molecule has 0 bridgehead atoms. The Bertz CT molecular complexity index is 175. The van der Waals surface area contributed by atoms with Gasteiger partial charge in [-0.05, 0) is 19.3 Å². The van der Waals surface area contributed by atoms with E-state index in [2.05, 4.69) is 32.9 Å². The highest BCUT2D eigenvalue weighted by Gasteiger charge is 2.49. The summed E-state index contributed by atoms with van der Waals surface area (Å²) in [5.41, 5.74) is 6.46. The Labute approximate surface area is 76.0 Å². The third-order valence-corrected chi connectivity index (χ3v) is 3.06. The number of nitrogens with two attached hydrogens (primary N) is 1. The minimum absolute atomic E-state index is 0.108. The first-order valence-electron chi connectivity index (χ1n) is 4.98. The monoisotopic (exact) mass is 167 g/mol. The fourth-order valence-corrected chi connectivity index (χ4v) is 1.49. The number of unbranched alkanes of at least 4 members (excludes halogenated alkanes) is 1. The van der Waals surface area contributed by atoms with Crippen LogP contribution in [0.2, 0.25) is 0 Å². The van der Waals surface area contributed by atoms with E-state index in [-0.39, 0.29) is 11.0 Å². The van der Waals surface area contributed by atoms with Crippen molar-refractivity contribution in [2.24, 2.45) is 11.1 Å². The van der Waals surface area contributed by atoms with Crippen LogP contribution in [-0.4, -0.2) is 5.54 Å². The predicted octanol–water partition coefficient (Wildman–Crippen LogP) is 2.86. The minimum atomic E-state index is 0.108. The summed E-state index contributed by atoms with van der Waals surface area (Å²) in [5, 5.41) is 0. The summed E-state index contributed by atoms with van der Waals surface area (Å²) in [6.45, 7) is 6.69. The summed E-state index contributed by atoms with van der Waals surface area (Å²) in [5.74, 6) is 0. The Morgan fingerprint density at radius 1 is 1.42 bits per heavy atom. The van der Waals surface area contributed by atoms with Gasteiger partial charge in [-0.15, -0.1) is 0 Å². The maximum Gasteiger partial charge on any atom is 0.0242 e. The zero-order chi connectivity index (χ0) is 9.24.